The summed E-state index contributed by atoms with van der Waals surface area (Å²) in [5.74, 6) is -0.905. The number of carboxylic acids is 1. The number of aliphatic carboxylic acids is 1. The number of carboxylic acid groups (broad SMARTS) is 1. The van der Waals surface area contributed by atoms with Gasteiger partial charge in [-0.1, -0.05) is 86.1 Å². The van der Waals surface area contributed by atoms with Crippen molar-refractivity contribution >= 4 is 23.5 Å². The third-order valence-electron chi connectivity index (χ3n) is 5.63. The second kappa shape index (κ2) is 12.4. The Bertz CT molecular complexity index is 1100. The number of carbonyl (C=O) groups excluding carboxylic acids is 1. The number of carbonyl (C=O) groups is 2. The summed E-state index contributed by atoms with van der Waals surface area (Å²) in [5, 5.41) is 15.9. The molecule has 178 valence electrons. The molecule has 1 amide bonds. The van der Waals surface area contributed by atoms with Gasteiger partial charge in [0.15, 0.2) is 0 Å². The van der Waals surface area contributed by atoms with Crippen molar-refractivity contribution in [3.05, 3.63) is 94.5 Å². The van der Waals surface area contributed by atoms with Gasteiger partial charge in [-0.25, -0.2) is 4.79 Å². The molecule has 0 heterocycles. The highest BCUT2D eigenvalue weighted by atomic mass is 35.5. The summed E-state index contributed by atoms with van der Waals surface area (Å²) < 4.78 is 0. The van der Waals surface area contributed by atoms with Crippen molar-refractivity contribution in [2.75, 3.05) is 6.54 Å². The van der Waals surface area contributed by atoms with Gasteiger partial charge in [-0.2, -0.15) is 0 Å². The summed E-state index contributed by atoms with van der Waals surface area (Å²) in [6.07, 6.45) is 1.34. The lowest BCUT2D eigenvalue weighted by Gasteiger charge is -2.15. The Hall–Kier alpha value is -3.15. The van der Waals surface area contributed by atoms with E-state index >= 15 is 0 Å². The summed E-state index contributed by atoms with van der Waals surface area (Å²) in [6, 6.07) is 21.7. The van der Waals surface area contributed by atoms with E-state index in [2.05, 4.69) is 48.7 Å². The molecule has 3 rings (SSSR count). The quantitative estimate of drug-likeness (QED) is 0.315. The Balaban J connectivity index is 1.60. The van der Waals surface area contributed by atoms with E-state index in [-0.39, 0.29) is 17.0 Å². The summed E-state index contributed by atoms with van der Waals surface area (Å²) >= 11 is 6.06. The molecule has 0 aliphatic carbocycles. The zero-order chi connectivity index (χ0) is 24.5. The fourth-order valence-corrected chi connectivity index (χ4v) is 3.81. The fourth-order valence-electron chi connectivity index (χ4n) is 3.59. The highest BCUT2D eigenvalue weighted by molar-refractivity contribution is 6.33. The molecule has 34 heavy (non-hydrogen) atoms. The van der Waals surface area contributed by atoms with Gasteiger partial charge in [0.25, 0.3) is 5.91 Å². The van der Waals surface area contributed by atoms with Crippen LogP contribution in [0, 0.1) is 5.92 Å². The first kappa shape index (κ1) is 25.5. The lowest BCUT2D eigenvalue weighted by Crippen LogP contribution is -2.42. The van der Waals surface area contributed by atoms with E-state index in [1.54, 1.807) is 24.3 Å². The van der Waals surface area contributed by atoms with Gasteiger partial charge >= 0.3 is 5.97 Å². The predicted molar refractivity (Wildman–Crippen MR) is 137 cm³/mol. The second-order valence-electron chi connectivity index (χ2n) is 8.80. The van der Waals surface area contributed by atoms with Crippen LogP contribution >= 0.6 is 11.6 Å². The predicted octanol–water partition coefficient (Wildman–Crippen LogP) is 5.57. The van der Waals surface area contributed by atoms with Gasteiger partial charge in [-0.3, -0.25) is 4.79 Å². The fraction of sp³-hybridized carbons (Fsp3) is 0.286. The SMILES string of the molecule is CC(C)CCNCc1ccc(-c2ccc(C[C@H](NC(=O)c3ccccc3Cl)C(=O)O)cc2)cc1. The first-order valence-corrected chi connectivity index (χ1v) is 11.9. The molecule has 0 aliphatic heterocycles. The van der Waals surface area contributed by atoms with Crippen molar-refractivity contribution in [2.45, 2.75) is 39.3 Å². The number of hydrogen-bond acceptors (Lipinski definition) is 3. The minimum absolute atomic E-state index is 0.173. The topological polar surface area (TPSA) is 78.4 Å². The van der Waals surface area contributed by atoms with E-state index in [1.165, 1.54) is 5.56 Å². The maximum Gasteiger partial charge on any atom is 0.326 e. The highest BCUT2D eigenvalue weighted by Gasteiger charge is 2.22. The Morgan fingerprint density at radius 3 is 2.03 bits per heavy atom. The molecule has 1 atom stereocenters. The van der Waals surface area contributed by atoms with Gasteiger partial charge in [-0.15, -0.1) is 0 Å². The highest BCUT2D eigenvalue weighted by Crippen LogP contribution is 2.21. The van der Waals surface area contributed by atoms with Crippen LogP contribution in [0.3, 0.4) is 0 Å². The molecular formula is C28H31ClN2O3. The molecule has 0 saturated heterocycles. The third kappa shape index (κ3) is 7.44. The summed E-state index contributed by atoms with van der Waals surface area (Å²) in [5.41, 5.74) is 4.46. The third-order valence-corrected chi connectivity index (χ3v) is 5.96. The van der Waals surface area contributed by atoms with Gasteiger partial charge < -0.3 is 15.7 Å². The molecular weight excluding hydrogens is 448 g/mol. The molecule has 0 bridgehead atoms. The summed E-state index contributed by atoms with van der Waals surface area (Å²) in [7, 11) is 0. The van der Waals surface area contributed by atoms with E-state index < -0.39 is 17.9 Å². The molecule has 0 fully saturated rings. The standard InChI is InChI=1S/C28H31ClN2O3/c1-19(2)15-16-30-18-21-9-13-23(14-10-21)22-11-7-20(8-12-22)17-26(28(33)34)31-27(32)24-5-3-4-6-25(24)29/h3-14,19,26,30H,15-18H2,1-2H3,(H,31,32)(H,33,34)/t26-/m0/s1. The van der Waals surface area contributed by atoms with Crippen LogP contribution in [0.25, 0.3) is 11.1 Å². The normalized spacial score (nSPS) is 11.9. The van der Waals surface area contributed by atoms with Crippen molar-refractivity contribution in [1.82, 2.24) is 10.6 Å². The number of amides is 1. The van der Waals surface area contributed by atoms with Crippen LogP contribution in [-0.2, 0) is 17.8 Å². The van der Waals surface area contributed by atoms with Gasteiger partial charge in [0.2, 0.25) is 0 Å². The van der Waals surface area contributed by atoms with Crippen LogP contribution in [0.15, 0.2) is 72.8 Å². The molecule has 0 spiro atoms. The summed E-state index contributed by atoms with van der Waals surface area (Å²) in [4.78, 5) is 24.2. The van der Waals surface area contributed by atoms with Crippen LogP contribution in [0.1, 0.15) is 41.8 Å². The smallest absolute Gasteiger partial charge is 0.326 e. The van der Waals surface area contributed by atoms with Gasteiger partial charge in [-0.05, 0) is 53.3 Å². The van der Waals surface area contributed by atoms with E-state index in [4.69, 9.17) is 11.6 Å². The van der Waals surface area contributed by atoms with Crippen LogP contribution in [0.4, 0.5) is 0 Å². The van der Waals surface area contributed by atoms with Crippen LogP contribution in [0.2, 0.25) is 5.02 Å². The summed E-state index contributed by atoms with van der Waals surface area (Å²) in [6.45, 7) is 6.31. The minimum atomic E-state index is -1.10. The molecule has 3 N–H and O–H groups in total. The van der Waals surface area contributed by atoms with E-state index in [9.17, 15) is 14.7 Å². The minimum Gasteiger partial charge on any atom is -0.480 e. The van der Waals surface area contributed by atoms with E-state index in [0.29, 0.717) is 5.92 Å². The monoisotopic (exact) mass is 478 g/mol. The molecule has 0 unspecified atom stereocenters. The van der Waals surface area contributed by atoms with Crippen molar-refractivity contribution in [1.29, 1.82) is 0 Å². The van der Waals surface area contributed by atoms with Gasteiger partial charge in [0.1, 0.15) is 6.04 Å². The van der Waals surface area contributed by atoms with Crippen molar-refractivity contribution in [3.63, 3.8) is 0 Å². The number of benzene rings is 3. The first-order valence-electron chi connectivity index (χ1n) is 11.5. The molecule has 0 saturated carbocycles. The van der Waals surface area contributed by atoms with Gasteiger partial charge in [0.05, 0.1) is 10.6 Å². The number of halogens is 1. The zero-order valence-electron chi connectivity index (χ0n) is 19.6. The lowest BCUT2D eigenvalue weighted by molar-refractivity contribution is -0.139. The average molecular weight is 479 g/mol. The molecule has 3 aromatic carbocycles. The largest absolute Gasteiger partial charge is 0.480 e. The van der Waals surface area contributed by atoms with E-state index in [1.807, 2.05) is 24.3 Å². The maximum absolute atomic E-state index is 12.5. The van der Waals surface area contributed by atoms with Gasteiger partial charge in [0, 0.05) is 13.0 Å². The Morgan fingerprint density at radius 1 is 0.882 bits per heavy atom. The Labute approximate surface area is 206 Å². The van der Waals surface area contributed by atoms with Crippen molar-refractivity contribution in [2.24, 2.45) is 5.92 Å². The van der Waals surface area contributed by atoms with Crippen molar-refractivity contribution in [3.8, 4) is 11.1 Å². The van der Waals surface area contributed by atoms with Crippen LogP contribution in [0.5, 0.6) is 0 Å². The van der Waals surface area contributed by atoms with Crippen molar-refractivity contribution < 1.29 is 14.7 Å². The second-order valence-corrected chi connectivity index (χ2v) is 9.21. The lowest BCUT2D eigenvalue weighted by atomic mass is 9.99. The first-order chi connectivity index (χ1) is 16.3. The van der Waals surface area contributed by atoms with E-state index in [0.717, 1.165) is 36.2 Å². The van der Waals surface area contributed by atoms with Crippen LogP contribution in [-0.4, -0.2) is 29.6 Å². The van der Waals surface area contributed by atoms with Crippen LogP contribution < -0.4 is 10.6 Å². The number of rotatable bonds is 11. The Morgan fingerprint density at radius 2 is 1.47 bits per heavy atom. The number of hydrogen-bond donors (Lipinski definition) is 3. The molecule has 0 aromatic heterocycles. The molecule has 0 aliphatic rings. The maximum atomic E-state index is 12.5. The Kier molecular flexibility index (Phi) is 9.25. The molecule has 0 radical (unpaired) electrons. The molecule has 6 heteroatoms. The zero-order valence-corrected chi connectivity index (χ0v) is 20.3. The average Bonchev–Trinajstić information content (AvgIpc) is 2.82. The number of nitrogens with one attached hydrogen (secondary N) is 2. The molecule has 5 nitrogen and oxygen atoms in total. The molecule has 3 aromatic rings.